The minimum Gasteiger partial charge on any atom is -0.463 e. The van der Waals surface area contributed by atoms with Gasteiger partial charge in [-0.05, 0) is 43.7 Å². The van der Waals surface area contributed by atoms with Crippen molar-refractivity contribution in [2.45, 2.75) is 63.1 Å². The van der Waals surface area contributed by atoms with E-state index in [-0.39, 0.29) is 18.7 Å². The van der Waals surface area contributed by atoms with E-state index >= 15 is 0 Å². The topological polar surface area (TPSA) is 116 Å². The van der Waals surface area contributed by atoms with Crippen LogP contribution >= 0.6 is 0 Å². The number of fused-ring (bicyclic) bond motifs is 1. The molecule has 1 aliphatic carbocycles. The number of hydrogen-bond donors (Lipinski definition) is 1. The largest absolute Gasteiger partial charge is 0.463 e. The van der Waals surface area contributed by atoms with Crippen LogP contribution in [0.15, 0.2) is 18.5 Å². The molecule has 2 unspecified atom stereocenters. The third-order valence-corrected chi connectivity index (χ3v) is 5.87. The number of anilines is 1. The highest BCUT2D eigenvalue weighted by Crippen LogP contribution is 2.40. The molecule has 2 aromatic heterocycles. The first-order valence-electron chi connectivity index (χ1n) is 9.95. The summed E-state index contributed by atoms with van der Waals surface area (Å²) in [6.45, 7) is 0.176. The second-order valence-corrected chi connectivity index (χ2v) is 7.77. The van der Waals surface area contributed by atoms with E-state index < -0.39 is 5.60 Å². The third-order valence-electron chi connectivity index (χ3n) is 5.87. The summed E-state index contributed by atoms with van der Waals surface area (Å²) in [6, 6.07) is 5.87. The highest BCUT2D eigenvalue weighted by molar-refractivity contribution is 5.69. The van der Waals surface area contributed by atoms with Crippen LogP contribution in [0.25, 0.3) is 5.52 Å². The van der Waals surface area contributed by atoms with E-state index in [0.717, 1.165) is 12.8 Å². The van der Waals surface area contributed by atoms with E-state index in [0.29, 0.717) is 42.2 Å². The number of carbonyl (C=O) groups excluding carboxylic acids is 1. The lowest BCUT2D eigenvalue weighted by molar-refractivity contribution is -0.150. The van der Waals surface area contributed by atoms with Crippen LogP contribution in [0.2, 0.25) is 0 Å². The minimum absolute atomic E-state index is 0.168. The Morgan fingerprint density at radius 2 is 2.18 bits per heavy atom. The average Bonchev–Trinajstić information content (AvgIpc) is 3.33. The monoisotopic (exact) mass is 383 g/mol. The fraction of sp³-hybridized carbons (Fsp3) is 0.600. The van der Waals surface area contributed by atoms with Crippen molar-refractivity contribution >= 4 is 17.3 Å². The molecule has 28 heavy (non-hydrogen) atoms. The molecule has 2 fully saturated rings. The van der Waals surface area contributed by atoms with Crippen LogP contribution in [0, 0.1) is 17.2 Å². The van der Waals surface area contributed by atoms with Gasteiger partial charge in [0, 0.05) is 6.42 Å². The Labute approximate surface area is 163 Å². The number of nitrogen functional groups attached to an aromatic ring is 1. The third kappa shape index (κ3) is 3.54. The molecule has 0 spiro atoms. The predicted molar refractivity (Wildman–Crippen MR) is 101 cm³/mol. The van der Waals surface area contributed by atoms with E-state index in [1.807, 2.05) is 0 Å². The smallest absolute Gasteiger partial charge is 0.306 e. The number of hydrogen-bond acceptors (Lipinski definition) is 7. The molecule has 1 saturated carbocycles. The molecule has 8 heteroatoms. The molecule has 148 valence electrons. The fourth-order valence-electron chi connectivity index (χ4n) is 4.34. The number of nitriles is 1. The zero-order valence-electron chi connectivity index (χ0n) is 15.8. The standard InChI is InChI=1S/C20H25N5O3/c21-12-20(17-7-6-16-19(22)23-13-24-25(16)17)9-8-15(28-20)11-27-18(26)10-14-4-2-1-3-5-14/h6-7,13-15H,1-5,8-11H2,(H2,22,23,24). The summed E-state index contributed by atoms with van der Waals surface area (Å²) in [5.41, 5.74) is 6.01. The zero-order chi connectivity index (χ0) is 19.6. The van der Waals surface area contributed by atoms with Gasteiger partial charge in [-0.3, -0.25) is 4.79 Å². The summed E-state index contributed by atoms with van der Waals surface area (Å²) in [4.78, 5) is 16.1. The van der Waals surface area contributed by atoms with Gasteiger partial charge in [0.1, 0.15) is 24.5 Å². The van der Waals surface area contributed by atoms with Gasteiger partial charge in [0.2, 0.25) is 0 Å². The molecular formula is C20H25N5O3. The number of carbonyl (C=O) groups is 1. The van der Waals surface area contributed by atoms with Crippen LogP contribution in [0.5, 0.6) is 0 Å². The molecule has 2 atom stereocenters. The number of aromatic nitrogens is 3. The maximum absolute atomic E-state index is 12.2. The lowest BCUT2D eigenvalue weighted by Gasteiger charge is -2.22. The second kappa shape index (κ2) is 7.76. The normalized spacial score (nSPS) is 25.6. The Bertz CT molecular complexity index is 899. The van der Waals surface area contributed by atoms with Gasteiger partial charge in [-0.15, -0.1) is 0 Å². The summed E-state index contributed by atoms with van der Waals surface area (Å²) in [5, 5.41) is 14.1. The summed E-state index contributed by atoms with van der Waals surface area (Å²) in [7, 11) is 0. The fourth-order valence-corrected chi connectivity index (χ4v) is 4.34. The number of nitrogens with two attached hydrogens (primary N) is 1. The molecule has 0 aromatic carbocycles. The maximum atomic E-state index is 12.2. The summed E-state index contributed by atoms with van der Waals surface area (Å²) in [6.07, 6.45) is 8.57. The molecule has 4 rings (SSSR count). The van der Waals surface area contributed by atoms with E-state index in [2.05, 4.69) is 16.2 Å². The summed E-state index contributed by atoms with van der Waals surface area (Å²) in [5.74, 6) is 0.625. The van der Waals surface area contributed by atoms with Gasteiger partial charge >= 0.3 is 5.97 Å². The number of rotatable bonds is 5. The van der Waals surface area contributed by atoms with Crippen molar-refractivity contribution in [1.82, 2.24) is 14.6 Å². The van der Waals surface area contributed by atoms with Crippen LogP contribution in [0.1, 0.15) is 57.1 Å². The van der Waals surface area contributed by atoms with Crippen molar-refractivity contribution in [3.05, 3.63) is 24.2 Å². The number of ether oxygens (including phenoxy) is 2. The van der Waals surface area contributed by atoms with E-state index in [1.54, 1.807) is 16.6 Å². The first-order chi connectivity index (χ1) is 13.6. The average molecular weight is 383 g/mol. The van der Waals surface area contributed by atoms with Crippen molar-refractivity contribution in [1.29, 1.82) is 5.26 Å². The van der Waals surface area contributed by atoms with E-state index in [4.69, 9.17) is 15.2 Å². The Balaban J connectivity index is 1.39. The van der Waals surface area contributed by atoms with Crippen LogP contribution in [-0.4, -0.2) is 33.3 Å². The Kier molecular flexibility index (Phi) is 5.18. The molecule has 0 amide bonds. The molecule has 2 aromatic rings. The first-order valence-corrected chi connectivity index (χ1v) is 9.95. The van der Waals surface area contributed by atoms with Gasteiger partial charge in [-0.2, -0.15) is 10.4 Å². The van der Waals surface area contributed by atoms with Crippen molar-refractivity contribution in [2.75, 3.05) is 12.3 Å². The Morgan fingerprint density at radius 1 is 1.36 bits per heavy atom. The van der Waals surface area contributed by atoms with Gasteiger partial charge < -0.3 is 15.2 Å². The van der Waals surface area contributed by atoms with E-state index in [1.165, 1.54) is 25.6 Å². The maximum Gasteiger partial charge on any atom is 0.306 e. The van der Waals surface area contributed by atoms with Crippen molar-refractivity contribution < 1.29 is 14.3 Å². The molecule has 1 saturated heterocycles. The van der Waals surface area contributed by atoms with Crippen molar-refractivity contribution in [2.24, 2.45) is 5.92 Å². The van der Waals surface area contributed by atoms with Crippen molar-refractivity contribution in [3.8, 4) is 6.07 Å². The molecule has 2 N–H and O–H groups in total. The molecule has 3 heterocycles. The molecule has 0 bridgehead atoms. The summed E-state index contributed by atoms with van der Waals surface area (Å²) >= 11 is 0. The van der Waals surface area contributed by atoms with Gasteiger partial charge in [0.15, 0.2) is 11.4 Å². The van der Waals surface area contributed by atoms with Crippen LogP contribution in [-0.2, 0) is 19.9 Å². The highest BCUT2D eigenvalue weighted by atomic mass is 16.6. The Hall–Kier alpha value is -2.66. The predicted octanol–water partition coefficient (Wildman–Crippen LogP) is 2.72. The molecule has 1 aliphatic heterocycles. The minimum atomic E-state index is -1.13. The quantitative estimate of drug-likeness (QED) is 0.789. The van der Waals surface area contributed by atoms with Crippen molar-refractivity contribution in [3.63, 3.8) is 0 Å². The zero-order valence-corrected chi connectivity index (χ0v) is 15.8. The number of esters is 1. The highest BCUT2D eigenvalue weighted by Gasteiger charge is 2.45. The molecule has 2 aliphatic rings. The van der Waals surface area contributed by atoms with Crippen LogP contribution < -0.4 is 5.73 Å². The SMILES string of the molecule is N#CC1(c2ccc3c(N)ncnn23)CCC(COC(=O)CC2CCCCC2)O1. The lowest BCUT2D eigenvalue weighted by atomic mass is 9.87. The first kappa shape index (κ1) is 18.7. The lowest BCUT2D eigenvalue weighted by Crippen LogP contribution is -2.29. The molecular weight excluding hydrogens is 358 g/mol. The van der Waals surface area contributed by atoms with Gasteiger partial charge in [0.25, 0.3) is 0 Å². The van der Waals surface area contributed by atoms with Gasteiger partial charge in [0.05, 0.1) is 11.8 Å². The number of nitrogens with zero attached hydrogens (tertiary/aromatic N) is 4. The summed E-state index contributed by atoms with van der Waals surface area (Å²) < 4.78 is 13.1. The molecule has 8 nitrogen and oxygen atoms in total. The van der Waals surface area contributed by atoms with E-state index in [9.17, 15) is 10.1 Å². The van der Waals surface area contributed by atoms with Crippen LogP contribution in [0.3, 0.4) is 0 Å². The molecule has 0 radical (unpaired) electrons. The van der Waals surface area contributed by atoms with Gasteiger partial charge in [-0.1, -0.05) is 19.3 Å². The Morgan fingerprint density at radius 3 is 2.96 bits per heavy atom. The second-order valence-electron chi connectivity index (χ2n) is 7.77. The van der Waals surface area contributed by atoms with Gasteiger partial charge in [-0.25, -0.2) is 9.50 Å². The van der Waals surface area contributed by atoms with Crippen LogP contribution in [0.4, 0.5) is 5.82 Å².